The number of amides is 1. The number of carbonyl (C=O) groups is 1. The van der Waals surface area contributed by atoms with E-state index < -0.39 is 24.0 Å². The summed E-state index contributed by atoms with van der Waals surface area (Å²) in [5.74, 6) is -2.00. The number of rotatable bonds is 5. The molecule has 4 nitrogen and oxygen atoms in total. The first kappa shape index (κ1) is 17.1. The highest BCUT2D eigenvalue weighted by Crippen LogP contribution is 2.20. The smallest absolute Gasteiger partial charge is 0.278 e. The minimum Gasteiger partial charge on any atom is -0.278 e. The Morgan fingerprint density at radius 3 is 2.57 bits per heavy atom. The SMILES string of the molecule is CCc1ccc(C)cc1CN(C(=O)c1cnn(C)c1F)C(F)F. The van der Waals surface area contributed by atoms with Gasteiger partial charge in [-0.3, -0.25) is 9.69 Å². The molecular formula is C16H18F3N3O. The number of alkyl halides is 2. The summed E-state index contributed by atoms with van der Waals surface area (Å²) in [5, 5.41) is 3.58. The highest BCUT2D eigenvalue weighted by molar-refractivity contribution is 5.94. The van der Waals surface area contributed by atoms with Crippen LogP contribution in [0.25, 0.3) is 0 Å². The molecule has 0 N–H and O–H groups in total. The lowest BCUT2D eigenvalue weighted by molar-refractivity contribution is -0.0190. The molecule has 7 heteroatoms. The number of aromatic nitrogens is 2. The predicted molar refractivity (Wildman–Crippen MR) is 79.6 cm³/mol. The zero-order chi connectivity index (χ0) is 17.1. The van der Waals surface area contributed by atoms with E-state index in [0.717, 1.165) is 22.0 Å². The van der Waals surface area contributed by atoms with Crippen molar-refractivity contribution >= 4 is 5.91 Å². The van der Waals surface area contributed by atoms with Crippen LogP contribution in [0.5, 0.6) is 0 Å². The first-order chi connectivity index (χ1) is 10.8. The van der Waals surface area contributed by atoms with Gasteiger partial charge in [-0.25, -0.2) is 4.68 Å². The summed E-state index contributed by atoms with van der Waals surface area (Å²) >= 11 is 0. The highest BCUT2D eigenvalue weighted by atomic mass is 19.3. The lowest BCUT2D eigenvalue weighted by atomic mass is 10.0. The Labute approximate surface area is 132 Å². The van der Waals surface area contributed by atoms with Crippen molar-refractivity contribution in [3.05, 3.63) is 52.6 Å². The number of hydrogen-bond acceptors (Lipinski definition) is 2. The summed E-state index contributed by atoms with van der Waals surface area (Å²) in [4.78, 5) is 12.6. The molecule has 0 spiro atoms. The second kappa shape index (κ2) is 6.85. The normalized spacial score (nSPS) is 11.1. The van der Waals surface area contributed by atoms with Crippen molar-refractivity contribution in [3.63, 3.8) is 0 Å². The molecule has 0 unspecified atom stereocenters. The van der Waals surface area contributed by atoms with E-state index in [-0.39, 0.29) is 6.54 Å². The number of nitrogens with zero attached hydrogens (tertiary/aromatic N) is 3. The van der Waals surface area contributed by atoms with Gasteiger partial charge < -0.3 is 0 Å². The molecule has 0 saturated heterocycles. The third-order valence-electron chi connectivity index (χ3n) is 3.68. The van der Waals surface area contributed by atoms with E-state index >= 15 is 0 Å². The molecule has 2 aromatic rings. The quantitative estimate of drug-likeness (QED) is 0.791. The van der Waals surface area contributed by atoms with Gasteiger partial charge in [-0.15, -0.1) is 0 Å². The fourth-order valence-electron chi connectivity index (χ4n) is 2.38. The van der Waals surface area contributed by atoms with E-state index in [2.05, 4.69) is 5.10 Å². The Morgan fingerprint density at radius 1 is 1.35 bits per heavy atom. The molecule has 0 saturated carbocycles. The fraction of sp³-hybridized carbons (Fsp3) is 0.375. The van der Waals surface area contributed by atoms with Crippen LogP contribution in [0.4, 0.5) is 13.2 Å². The topological polar surface area (TPSA) is 38.1 Å². The van der Waals surface area contributed by atoms with Crippen molar-refractivity contribution in [1.82, 2.24) is 14.7 Å². The lowest BCUT2D eigenvalue weighted by Crippen LogP contribution is -2.35. The monoisotopic (exact) mass is 325 g/mol. The molecule has 1 amide bonds. The average molecular weight is 325 g/mol. The first-order valence-corrected chi connectivity index (χ1v) is 7.20. The molecule has 0 bridgehead atoms. The van der Waals surface area contributed by atoms with Crippen LogP contribution >= 0.6 is 0 Å². The molecule has 0 aliphatic heterocycles. The summed E-state index contributed by atoms with van der Waals surface area (Å²) in [5.41, 5.74) is 1.95. The van der Waals surface area contributed by atoms with Crippen LogP contribution in [-0.2, 0) is 20.0 Å². The van der Waals surface area contributed by atoms with Gasteiger partial charge in [0.1, 0.15) is 5.56 Å². The number of hydrogen-bond donors (Lipinski definition) is 0. The Morgan fingerprint density at radius 2 is 2.04 bits per heavy atom. The number of benzene rings is 1. The molecule has 2 rings (SSSR count). The van der Waals surface area contributed by atoms with Crippen molar-refractivity contribution in [3.8, 4) is 0 Å². The van der Waals surface area contributed by atoms with E-state index in [0.29, 0.717) is 16.9 Å². The van der Waals surface area contributed by atoms with E-state index in [1.807, 2.05) is 26.0 Å². The average Bonchev–Trinajstić information content (AvgIpc) is 2.84. The van der Waals surface area contributed by atoms with E-state index in [1.165, 1.54) is 7.05 Å². The van der Waals surface area contributed by atoms with E-state index in [4.69, 9.17) is 0 Å². The van der Waals surface area contributed by atoms with Gasteiger partial charge >= 0.3 is 6.55 Å². The minimum absolute atomic E-state index is 0.282. The molecule has 0 fully saturated rings. The van der Waals surface area contributed by atoms with E-state index in [1.54, 1.807) is 6.07 Å². The highest BCUT2D eigenvalue weighted by Gasteiger charge is 2.28. The molecule has 0 radical (unpaired) electrons. The molecule has 23 heavy (non-hydrogen) atoms. The van der Waals surface area contributed by atoms with Crippen LogP contribution in [0.15, 0.2) is 24.4 Å². The van der Waals surface area contributed by atoms with Crippen LogP contribution < -0.4 is 0 Å². The molecule has 124 valence electrons. The van der Waals surface area contributed by atoms with Crippen molar-refractivity contribution < 1.29 is 18.0 Å². The largest absolute Gasteiger partial charge is 0.318 e. The summed E-state index contributed by atoms with van der Waals surface area (Å²) < 4.78 is 41.3. The first-order valence-electron chi connectivity index (χ1n) is 7.20. The molecule has 1 aromatic heterocycles. The summed E-state index contributed by atoms with van der Waals surface area (Å²) in [6.07, 6.45) is 1.62. The van der Waals surface area contributed by atoms with E-state index in [9.17, 15) is 18.0 Å². The number of aryl methyl sites for hydroxylation is 3. The molecule has 0 aliphatic rings. The van der Waals surface area contributed by atoms with Crippen LogP contribution in [0.2, 0.25) is 0 Å². The van der Waals surface area contributed by atoms with Gasteiger partial charge in [0, 0.05) is 7.05 Å². The second-order valence-corrected chi connectivity index (χ2v) is 5.31. The van der Waals surface area contributed by atoms with Crippen LogP contribution in [0, 0.1) is 12.9 Å². The van der Waals surface area contributed by atoms with Gasteiger partial charge in [-0.2, -0.15) is 18.3 Å². The second-order valence-electron chi connectivity index (χ2n) is 5.31. The Kier molecular flexibility index (Phi) is 5.08. The summed E-state index contributed by atoms with van der Waals surface area (Å²) in [7, 11) is 1.30. The van der Waals surface area contributed by atoms with Gasteiger partial charge in [0.15, 0.2) is 0 Å². The third-order valence-corrected chi connectivity index (χ3v) is 3.68. The maximum Gasteiger partial charge on any atom is 0.318 e. The van der Waals surface area contributed by atoms with Crippen LogP contribution in [0.1, 0.15) is 34.0 Å². The molecule has 0 aliphatic carbocycles. The third kappa shape index (κ3) is 3.55. The van der Waals surface area contributed by atoms with Gasteiger partial charge in [0.05, 0.1) is 12.7 Å². The maximum atomic E-state index is 13.8. The Bertz CT molecular complexity index is 713. The molecule has 1 heterocycles. The predicted octanol–water partition coefficient (Wildman–Crippen LogP) is 3.30. The van der Waals surface area contributed by atoms with Gasteiger partial charge in [-0.05, 0) is 24.5 Å². The van der Waals surface area contributed by atoms with Crippen molar-refractivity contribution in [2.24, 2.45) is 7.05 Å². The van der Waals surface area contributed by atoms with Crippen LogP contribution in [-0.4, -0.2) is 27.1 Å². The maximum absolute atomic E-state index is 13.8. The fourth-order valence-corrected chi connectivity index (χ4v) is 2.38. The minimum atomic E-state index is -3.03. The summed E-state index contributed by atoms with van der Waals surface area (Å²) in [6, 6.07) is 5.50. The molecule has 0 atom stereocenters. The van der Waals surface area contributed by atoms with Crippen molar-refractivity contribution in [1.29, 1.82) is 0 Å². The van der Waals surface area contributed by atoms with Gasteiger partial charge in [0.25, 0.3) is 5.91 Å². The zero-order valence-corrected chi connectivity index (χ0v) is 13.2. The lowest BCUT2D eigenvalue weighted by Gasteiger charge is -2.22. The number of halogens is 3. The molecular weight excluding hydrogens is 307 g/mol. The molecule has 1 aromatic carbocycles. The van der Waals surface area contributed by atoms with Crippen molar-refractivity contribution in [2.45, 2.75) is 33.4 Å². The number of carbonyl (C=O) groups excluding carboxylic acids is 1. The van der Waals surface area contributed by atoms with Crippen LogP contribution in [0.3, 0.4) is 0 Å². The standard InChI is InChI=1S/C16H18F3N3O/c1-4-11-6-5-10(2)7-12(11)9-22(16(18)19)15(23)13-8-20-21(3)14(13)17/h5-8,16H,4,9H2,1-3H3. The summed E-state index contributed by atoms with van der Waals surface area (Å²) in [6.45, 7) is 0.435. The van der Waals surface area contributed by atoms with Gasteiger partial charge in [-0.1, -0.05) is 30.7 Å². The Balaban J connectivity index is 2.35. The van der Waals surface area contributed by atoms with Gasteiger partial charge in [0.2, 0.25) is 5.95 Å². The zero-order valence-electron chi connectivity index (χ0n) is 13.2. The Hall–Kier alpha value is -2.31. The van der Waals surface area contributed by atoms with Crippen molar-refractivity contribution in [2.75, 3.05) is 0 Å².